The van der Waals surface area contributed by atoms with Gasteiger partial charge in [-0.05, 0) is 26.7 Å². The Kier molecular flexibility index (Phi) is 5.64. The minimum atomic E-state index is 0.0421. The molecule has 0 spiro atoms. The highest BCUT2D eigenvalue weighted by Crippen LogP contribution is 2.40. The summed E-state index contributed by atoms with van der Waals surface area (Å²) in [4.78, 5) is 23.8. The number of hydrogen-bond acceptors (Lipinski definition) is 8. The Morgan fingerprint density at radius 1 is 0.923 bits per heavy atom. The number of ketones is 2. The van der Waals surface area contributed by atoms with E-state index in [0.717, 1.165) is 48.7 Å². The molecule has 4 N–H and O–H groups in total. The van der Waals surface area contributed by atoms with E-state index in [4.69, 9.17) is 20.9 Å². The highest BCUT2D eigenvalue weighted by molar-refractivity contribution is 7.18. The minimum Gasteiger partial charge on any atom is -0.484 e. The second-order valence-corrected chi connectivity index (χ2v) is 8.37. The largest absolute Gasteiger partial charge is 0.484 e. The molecule has 2 aliphatic rings. The Morgan fingerprint density at radius 2 is 1.58 bits per heavy atom. The van der Waals surface area contributed by atoms with Crippen molar-refractivity contribution in [3.05, 3.63) is 27.1 Å². The van der Waals surface area contributed by atoms with Gasteiger partial charge in [0.2, 0.25) is 0 Å². The topological polar surface area (TPSA) is 105 Å². The van der Waals surface area contributed by atoms with Crippen molar-refractivity contribution in [3.63, 3.8) is 0 Å². The molecule has 0 saturated heterocycles. The molecule has 140 valence electrons. The van der Waals surface area contributed by atoms with Gasteiger partial charge in [-0.2, -0.15) is 0 Å². The van der Waals surface area contributed by atoms with E-state index in [9.17, 15) is 9.59 Å². The van der Waals surface area contributed by atoms with E-state index in [0.29, 0.717) is 27.7 Å². The Hall–Kier alpha value is -1.90. The summed E-state index contributed by atoms with van der Waals surface area (Å²) in [6, 6.07) is 0. The van der Waals surface area contributed by atoms with Crippen molar-refractivity contribution >= 4 is 44.2 Å². The molecule has 0 bridgehead atoms. The van der Waals surface area contributed by atoms with Crippen LogP contribution in [0.3, 0.4) is 0 Å². The number of carbonyl (C=O) groups is 2. The summed E-state index contributed by atoms with van der Waals surface area (Å²) in [5, 5.41) is 2.08. The van der Waals surface area contributed by atoms with Crippen LogP contribution in [0.15, 0.2) is 0 Å². The second-order valence-electron chi connectivity index (χ2n) is 6.22. The normalized spacial score (nSPS) is 15.2. The van der Waals surface area contributed by atoms with Crippen molar-refractivity contribution in [1.82, 2.24) is 0 Å². The maximum absolute atomic E-state index is 11.3. The zero-order valence-electron chi connectivity index (χ0n) is 14.8. The highest BCUT2D eigenvalue weighted by atomic mass is 32.1. The van der Waals surface area contributed by atoms with Crippen LogP contribution in [0, 0.1) is 0 Å². The highest BCUT2D eigenvalue weighted by Gasteiger charge is 2.23. The standard InChI is InChI=1S/2C9H11NO2S/c1-5(11)8-6-4-12-3-2-7(6)13-9(8)10;1-5(11)7-6-3-2-4-12-9(6)13-8(7)10/h2*2-4,10H2,1H3. The predicted octanol–water partition coefficient (Wildman–Crippen LogP) is 3.46. The van der Waals surface area contributed by atoms with Crippen LogP contribution >= 0.6 is 22.7 Å². The third kappa shape index (κ3) is 3.62. The molecular formula is C18H22N2O4S2. The second kappa shape index (κ2) is 7.77. The van der Waals surface area contributed by atoms with E-state index >= 15 is 0 Å². The number of Topliss-reactive ketones (excluding diaryl/α,β-unsaturated/α-hetero) is 2. The number of nitrogens with two attached hydrogens (primary N) is 2. The van der Waals surface area contributed by atoms with Gasteiger partial charge >= 0.3 is 0 Å². The third-order valence-corrected chi connectivity index (χ3v) is 6.44. The summed E-state index contributed by atoms with van der Waals surface area (Å²) in [6.45, 7) is 5.12. The number of nitrogen functional groups attached to an aromatic ring is 2. The number of rotatable bonds is 2. The Balaban J connectivity index is 0.000000151. The lowest BCUT2D eigenvalue weighted by atomic mass is 10.0. The first kappa shape index (κ1) is 18.9. The zero-order chi connectivity index (χ0) is 18.8. The molecule has 0 unspecified atom stereocenters. The summed E-state index contributed by atoms with van der Waals surface area (Å²) in [5.74, 6) is 0.0843. The van der Waals surface area contributed by atoms with Gasteiger partial charge in [0, 0.05) is 22.4 Å². The summed E-state index contributed by atoms with van der Waals surface area (Å²) >= 11 is 2.90. The number of ether oxygens (including phenoxy) is 2. The van der Waals surface area contributed by atoms with Crippen LogP contribution in [0.4, 0.5) is 10.0 Å². The fraction of sp³-hybridized carbons (Fsp3) is 0.444. The molecule has 4 heterocycles. The van der Waals surface area contributed by atoms with Crippen molar-refractivity contribution in [1.29, 1.82) is 0 Å². The van der Waals surface area contributed by atoms with E-state index < -0.39 is 0 Å². The average Bonchev–Trinajstić information content (AvgIpc) is 3.10. The third-order valence-electron chi connectivity index (χ3n) is 4.34. The molecule has 0 saturated carbocycles. The number of hydrogen-bond donors (Lipinski definition) is 2. The van der Waals surface area contributed by atoms with Crippen LogP contribution in [0.1, 0.15) is 57.0 Å². The number of fused-ring (bicyclic) bond motifs is 2. The van der Waals surface area contributed by atoms with E-state index in [2.05, 4.69) is 0 Å². The lowest BCUT2D eigenvalue weighted by molar-refractivity contribution is 0.0983. The molecule has 0 amide bonds. The minimum absolute atomic E-state index is 0.0421. The molecule has 0 aliphatic carbocycles. The summed E-state index contributed by atoms with van der Waals surface area (Å²) in [7, 11) is 0. The van der Waals surface area contributed by atoms with Gasteiger partial charge in [0.15, 0.2) is 16.6 Å². The van der Waals surface area contributed by atoms with E-state index in [-0.39, 0.29) is 11.6 Å². The SMILES string of the molecule is CC(=O)c1c(N)sc2c1CCCO2.CC(=O)c1c(N)sc2c1COCC2. The molecule has 2 aromatic heterocycles. The molecule has 0 fully saturated rings. The average molecular weight is 395 g/mol. The molecule has 4 rings (SSSR count). The fourth-order valence-corrected chi connectivity index (χ4v) is 5.36. The number of anilines is 2. The van der Waals surface area contributed by atoms with E-state index in [1.807, 2.05) is 0 Å². The molecule has 0 radical (unpaired) electrons. The van der Waals surface area contributed by atoms with Crippen LogP contribution < -0.4 is 16.2 Å². The molecule has 26 heavy (non-hydrogen) atoms. The Morgan fingerprint density at radius 3 is 2.27 bits per heavy atom. The van der Waals surface area contributed by atoms with Crippen LogP contribution in [0.25, 0.3) is 0 Å². The lowest BCUT2D eigenvalue weighted by Crippen LogP contribution is -2.10. The Bertz CT molecular complexity index is 784. The van der Waals surface area contributed by atoms with Gasteiger partial charge in [0.25, 0.3) is 0 Å². The monoisotopic (exact) mass is 394 g/mol. The quantitative estimate of drug-likeness (QED) is 0.756. The van der Waals surface area contributed by atoms with Crippen molar-refractivity contribution in [2.24, 2.45) is 0 Å². The first-order chi connectivity index (χ1) is 12.4. The van der Waals surface area contributed by atoms with Gasteiger partial charge in [-0.1, -0.05) is 11.3 Å². The van der Waals surface area contributed by atoms with E-state index in [1.165, 1.54) is 27.6 Å². The molecule has 6 nitrogen and oxygen atoms in total. The maximum atomic E-state index is 11.3. The van der Waals surface area contributed by atoms with Crippen molar-refractivity contribution in [3.8, 4) is 5.06 Å². The van der Waals surface area contributed by atoms with Crippen LogP contribution in [0.5, 0.6) is 5.06 Å². The fourth-order valence-electron chi connectivity index (χ4n) is 3.22. The predicted molar refractivity (Wildman–Crippen MR) is 105 cm³/mol. The van der Waals surface area contributed by atoms with Crippen LogP contribution in [-0.2, 0) is 24.2 Å². The molecule has 0 atom stereocenters. The lowest BCUT2D eigenvalue weighted by Gasteiger charge is -2.12. The van der Waals surface area contributed by atoms with Gasteiger partial charge < -0.3 is 20.9 Å². The molecular weight excluding hydrogens is 372 g/mol. The van der Waals surface area contributed by atoms with Gasteiger partial charge in [-0.15, -0.1) is 11.3 Å². The summed E-state index contributed by atoms with van der Waals surface area (Å²) in [6.07, 6.45) is 2.78. The molecule has 2 aliphatic heterocycles. The van der Waals surface area contributed by atoms with Gasteiger partial charge in [-0.3, -0.25) is 9.59 Å². The Labute approximate surface area is 160 Å². The van der Waals surface area contributed by atoms with Crippen molar-refractivity contribution < 1.29 is 19.1 Å². The van der Waals surface area contributed by atoms with Crippen LogP contribution in [-0.4, -0.2) is 24.8 Å². The van der Waals surface area contributed by atoms with E-state index in [1.54, 1.807) is 13.8 Å². The number of carbonyl (C=O) groups excluding carboxylic acids is 2. The summed E-state index contributed by atoms with van der Waals surface area (Å²) in [5.41, 5.74) is 14.9. The van der Waals surface area contributed by atoms with Crippen LogP contribution in [0.2, 0.25) is 0 Å². The zero-order valence-corrected chi connectivity index (χ0v) is 16.5. The molecule has 0 aromatic carbocycles. The smallest absolute Gasteiger partial charge is 0.179 e. The first-order valence-corrected chi connectivity index (χ1v) is 10.1. The number of thiophene rings is 2. The van der Waals surface area contributed by atoms with Crippen molar-refractivity contribution in [2.75, 3.05) is 24.7 Å². The van der Waals surface area contributed by atoms with Gasteiger partial charge in [0.1, 0.15) is 5.00 Å². The van der Waals surface area contributed by atoms with Crippen molar-refractivity contribution in [2.45, 2.75) is 39.7 Å². The van der Waals surface area contributed by atoms with Gasteiger partial charge in [-0.25, -0.2) is 0 Å². The first-order valence-electron chi connectivity index (χ1n) is 8.43. The van der Waals surface area contributed by atoms with Gasteiger partial charge in [0.05, 0.1) is 35.9 Å². The molecule has 2 aromatic rings. The maximum Gasteiger partial charge on any atom is 0.179 e. The summed E-state index contributed by atoms with van der Waals surface area (Å²) < 4.78 is 10.7. The molecule has 8 heteroatoms.